The van der Waals surface area contributed by atoms with Gasteiger partial charge in [0.15, 0.2) is 17.6 Å². The highest BCUT2D eigenvalue weighted by Gasteiger charge is 2.24. The Labute approximate surface area is 164 Å². The van der Waals surface area contributed by atoms with Crippen molar-refractivity contribution in [2.24, 2.45) is 0 Å². The second-order valence-electron chi connectivity index (χ2n) is 6.66. The Morgan fingerprint density at radius 3 is 2.11 bits per heavy atom. The summed E-state index contributed by atoms with van der Waals surface area (Å²) in [6.45, 7) is 1.57. The topological polar surface area (TPSA) is 71.1 Å². The maximum Gasteiger partial charge on any atom is 0.339 e. The minimum atomic E-state index is -0.911. The maximum absolute atomic E-state index is 12.7. The zero-order valence-corrected chi connectivity index (χ0v) is 16.5. The van der Waals surface area contributed by atoms with Crippen LogP contribution in [-0.2, 0) is 17.6 Å². The Balaban J connectivity index is 1.77. The van der Waals surface area contributed by atoms with Crippen molar-refractivity contribution in [3.63, 3.8) is 0 Å². The first-order valence-corrected chi connectivity index (χ1v) is 9.15. The molecule has 0 unspecified atom stereocenters. The van der Waals surface area contributed by atoms with E-state index in [1.54, 1.807) is 13.0 Å². The predicted octanol–water partition coefficient (Wildman–Crippen LogP) is 3.63. The van der Waals surface area contributed by atoms with Gasteiger partial charge in [0, 0.05) is 5.56 Å². The maximum atomic E-state index is 12.7. The van der Waals surface area contributed by atoms with Crippen LogP contribution in [-0.4, -0.2) is 39.2 Å². The third-order valence-corrected chi connectivity index (χ3v) is 4.94. The van der Waals surface area contributed by atoms with Crippen LogP contribution < -0.4 is 14.2 Å². The molecule has 1 aliphatic carbocycles. The summed E-state index contributed by atoms with van der Waals surface area (Å²) >= 11 is 0. The Morgan fingerprint density at radius 2 is 1.50 bits per heavy atom. The zero-order chi connectivity index (χ0) is 20.3. The van der Waals surface area contributed by atoms with E-state index in [-0.39, 0.29) is 11.3 Å². The molecule has 0 fully saturated rings. The van der Waals surface area contributed by atoms with E-state index in [0.717, 1.165) is 19.3 Å². The van der Waals surface area contributed by atoms with Gasteiger partial charge in [-0.3, -0.25) is 4.79 Å². The molecule has 0 aliphatic heterocycles. The number of Topliss-reactive ketones (excluding diaryl/α,β-unsaturated/α-hetero) is 1. The summed E-state index contributed by atoms with van der Waals surface area (Å²) in [5.74, 6) is 0.193. The average molecular weight is 384 g/mol. The molecule has 6 nitrogen and oxygen atoms in total. The predicted molar refractivity (Wildman–Crippen MR) is 104 cm³/mol. The lowest BCUT2D eigenvalue weighted by molar-refractivity contribution is 0.0318. The number of ether oxygens (including phenoxy) is 4. The number of ketones is 1. The van der Waals surface area contributed by atoms with Gasteiger partial charge in [-0.05, 0) is 55.5 Å². The molecule has 0 N–H and O–H groups in total. The molecule has 0 bridgehead atoms. The van der Waals surface area contributed by atoms with Gasteiger partial charge >= 0.3 is 5.97 Å². The van der Waals surface area contributed by atoms with Crippen molar-refractivity contribution >= 4 is 11.8 Å². The van der Waals surface area contributed by atoms with Gasteiger partial charge in [0.25, 0.3) is 0 Å². The fourth-order valence-corrected chi connectivity index (χ4v) is 3.44. The van der Waals surface area contributed by atoms with Gasteiger partial charge in [-0.15, -0.1) is 0 Å². The molecule has 3 rings (SSSR count). The Hall–Kier alpha value is -3.02. The van der Waals surface area contributed by atoms with Gasteiger partial charge in [-0.1, -0.05) is 12.1 Å². The zero-order valence-electron chi connectivity index (χ0n) is 16.5. The third kappa shape index (κ3) is 3.81. The van der Waals surface area contributed by atoms with E-state index in [1.165, 1.54) is 44.6 Å². The van der Waals surface area contributed by atoms with E-state index in [9.17, 15) is 9.59 Å². The molecule has 0 spiro atoms. The van der Waals surface area contributed by atoms with Crippen LogP contribution in [0.25, 0.3) is 0 Å². The Kier molecular flexibility index (Phi) is 5.87. The van der Waals surface area contributed by atoms with E-state index in [0.29, 0.717) is 22.8 Å². The minimum absolute atomic E-state index is 0.211. The molecule has 1 atom stereocenters. The first-order valence-electron chi connectivity index (χ1n) is 9.15. The molecule has 0 aromatic heterocycles. The number of esters is 1. The molecular weight excluding hydrogens is 360 g/mol. The van der Waals surface area contributed by atoms with Crippen LogP contribution in [0.2, 0.25) is 0 Å². The van der Waals surface area contributed by atoms with Crippen LogP contribution in [0, 0.1) is 0 Å². The normalized spacial score (nSPS) is 13.4. The summed E-state index contributed by atoms with van der Waals surface area (Å²) in [6.07, 6.45) is 2.23. The molecule has 0 saturated carbocycles. The van der Waals surface area contributed by atoms with Crippen molar-refractivity contribution in [3.05, 3.63) is 52.6 Å². The summed E-state index contributed by atoms with van der Waals surface area (Å²) < 4.78 is 21.2. The summed E-state index contributed by atoms with van der Waals surface area (Å²) in [6, 6.07) is 8.70. The molecular formula is C22H24O6. The summed E-state index contributed by atoms with van der Waals surface area (Å²) in [5.41, 5.74) is 3.27. The molecule has 0 radical (unpaired) electrons. The summed E-state index contributed by atoms with van der Waals surface area (Å²) in [4.78, 5) is 25.3. The number of fused-ring (bicyclic) bond motifs is 1. The monoisotopic (exact) mass is 384 g/mol. The number of rotatable bonds is 7. The number of hydrogen-bond donors (Lipinski definition) is 0. The largest absolute Gasteiger partial charge is 0.493 e. The lowest BCUT2D eigenvalue weighted by atomic mass is 10.0. The molecule has 28 heavy (non-hydrogen) atoms. The van der Waals surface area contributed by atoms with E-state index in [1.807, 2.05) is 12.1 Å². The number of methoxy groups -OCH3 is 3. The van der Waals surface area contributed by atoms with Crippen LogP contribution in [0.1, 0.15) is 45.2 Å². The highest BCUT2D eigenvalue weighted by Crippen LogP contribution is 2.38. The highest BCUT2D eigenvalue weighted by molar-refractivity contribution is 6.01. The number of carbonyl (C=O) groups is 2. The van der Waals surface area contributed by atoms with E-state index in [2.05, 4.69) is 0 Å². The number of hydrogen-bond acceptors (Lipinski definition) is 6. The van der Waals surface area contributed by atoms with Crippen LogP contribution in [0.15, 0.2) is 30.3 Å². The fraction of sp³-hybridized carbons (Fsp3) is 0.364. The van der Waals surface area contributed by atoms with Crippen LogP contribution in [0.5, 0.6) is 17.2 Å². The Bertz CT molecular complexity index is 877. The number of aryl methyl sites for hydroxylation is 2. The highest BCUT2D eigenvalue weighted by atomic mass is 16.5. The van der Waals surface area contributed by atoms with Crippen LogP contribution in [0.3, 0.4) is 0 Å². The molecule has 0 saturated heterocycles. The van der Waals surface area contributed by atoms with Gasteiger partial charge in [0.2, 0.25) is 11.5 Å². The molecule has 6 heteroatoms. The second kappa shape index (κ2) is 8.33. The molecule has 0 heterocycles. The average Bonchev–Trinajstić information content (AvgIpc) is 3.19. The summed E-state index contributed by atoms with van der Waals surface area (Å²) in [5, 5.41) is 0. The van der Waals surface area contributed by atoms with Crippen LogP contribution >= 0.6 is 0 Å². The van der Waals surface area contributed by atoms with Crippen molar-refractivity contribution in [3.8, 4) is 17.2 Å². The number of carbonyl (C=O) groups excluding carboxylic acids is 2. The van der Waals surface area contributed by atoms with Gasteiger partial charge in [-0.25, -0.2) is 4.79 Å². The number of benzene rings is 2. The van der Waals surface area contributed by atoms with Crippen molar-refractivity contribution in [1.82, 2.24) is 0 Å². The molecule has 2 aromatic rings. The van der Waals surface area contributed by atoms with Crippen molar-refractivity contribution in [2.75, 3.05) is 21.3 Å². The lowest BCUT2D eigenvalue weighted by Crippen LogP contribution is -2.24. The van der Waals surface area contributed by atoms with E-state index >= 15 is 0 Å². The van der Waals surface area contributed by atoms with Gasteiger partial charge < -0.3 is 18.9 Å². The lowest BCUT2D eigenvalue weighted by Gasteiger charge is -2.16. The third-order valence-electron chi connectivity index (χ3n) is 4.94. The molecule has 2 aromatic carbocycles. The van der Waals surface area contributed by atoms with Gasteiger partial charge in [-0.2, -0.15) is 0 Å². The fourth-order valence-electron chi connectivity index (χ4n) is 3.44. The molecule has 148 valence electrons. The minimum Gasteiger partial charge on any atom is -0.493 e. The SMILES string of the molecule is COc1cc(C(=O)O[C@H](C)C(=O)c2ccc3c(c2)CCC3)cc(OC)c1OC. The van der Waals surface area contributed by atoms with E-state index < -0.39 is 12.1 Å². The molecule has 0 amide bonds. The first kappa shape index (κ1) is 19.7. The Morgan fingerprint density at radius 1 is 0.857 bits per heavy atom. The second-order valence-corrected chi connectivity index (χ2v) is 6.66. The standard InChI is InChI=1S/C22H24O6/c1-13(20(23)16-9-8-14-6-5-7-15(14)10-16)28-22(24)17-11-18(25-2)21(27-4)19(12-17)26-3/h8-13H,5-7H2,1-4H3/t13-/m1/s1. The quantitative estimate of drug-likeness (QED) is 0.536. The van der Waals surface area contributed by atoms with E-state index in [4.69, 9.17) is 18.9 Å². The van der Waals surface area contributed by atoms with Crippen molar-refractivity contribution in [1.29, 1.82) is 0 Å². The van der Waals surface area contributed by atoms with Crippen LogP contribution in [0.4, 0.5) is 0 Å². The first-order chi connectivity index (χ1) is 13.5. The van der Waals surface area contributed by atoms with Crippen molar-refractivity contribution < 1.29 is 28.5 Å². The summed E-state index contributed by atoms with van der Waals surface area (Å²) in [7, 11) is 4.41. The van der Waals surface area contributed by atoms with Gasteiger partial charge in [0.05, 0.1) is 26.9 Å². The smallest absolute Gasteiger partial charge is 0.339 e. The van der Waals surface area contributed by atoms with Crippen molar-refractivity contribution in [2.45, 2.75) is 32.3 Å². The molecule has 1 aliphatic rings. The van der Waals surface area contributed by atoms with Gasteiger partial charge in [0.1, 0.15) is 0 Å².